The van der Waals surface area contributed by atoms with Crippen molar-refractivity contribution in [3.05, 3.63) is 29.3 Å². The summed E-state index contributed by atoms with van der Waals surface area (Å²) in [6, 6.07) is 6.25. The Morgan fingerprint density at radius 3 is 2.94 bits per heavy atom. The van der Waals surface area contributed by atoms with Crippen molar-refractivity contribution in [1.29, 1.82) is 0 Å². The molecule has 0 aromatic heterocycles. The van der Waals surface area contributed by atoms with Gasteiger partial charge in [0.1, 0.15) is 5.75 Å². The third-order valence-corrected chi connectivity index (χ3v) is 3.63. The van der Waals surface area contributed by atoms with Gasteiger partial charge >= 0.3 is 0 Å². The first-order valence-corrected chi connectivity index (χ1v) is 6.65. The predicted molar refractivity (Wildman–Crippen MR) is 70.1 cm³/mol. The maximum atomic E-state index is 5.89. The van der Waals surface area contributed by atoms with Crippen molar-refractivity contribution in [3.8, 4) is 5.75 Å². The molecule has 0 spiro atoms. The SMILES string of the molecule is COc1ccc2c(c1)C(C)CCOC2CCCl. The average molecular weight is 255 g/mol. The van der Waals surface area contributed by atoms with Gasteiger partial charge in [-0.25, -0.2) is 0 Å². The smallest absolute Gasteiger partial charge is 0.119 e. The van der Waals surface area contributed by atoms with Crippen LogP contribution in [0.2, 0.25) is 0 Å². The molecule has 0 aliphatic carbocycles. The number of rotatable bonds is 3. The highest BCUT2D eigenvalue weighted by Crippen LogP contribution is 2.36. The lowest BCUT2D eigenvalue weighted by atomic mass is 9.91. The number of hydrogen-bond donors (Lipinski definition) is 0. The number of methoxy groups -OCH3 is 1. The first-order valence-electron chi connectivity index (χ1n) is 6.11. The third-order valence-electron chi connectivity index (χ3n) is 3.41. The molecular formula is C14H19ClO2. The lowest BCUT2D eigenvalue weighted by Gasteiger charge is -2.18. The van der Waals surface area contributed by atoms with Gasteiger partial charge in [-0.15, -0.1) is 11.6 Å². The van der Waals surface area contributed by atoms with Gasteiger partial charge in [-0.1, -0.05) is 13.0 Å². The Balaban J connectivity index is 2.38. The quantitative estimate of drug-likeness (QED) is 0.762. The maximum Gasteiger partial charge on any atom is 0.119 e. The molecule has 0 saturated heterocycles. The molecule has 1 aliphatic rings. The van der Waals surface area contributed by atoms with E-state index in [1.807, 2.05) is 6.07 Å². The van der Waals surface area contributed by atoms with Crippen molar-refractivity contribution in [2.45, 2.75) is 31.8 Å². The predicted octanol–water partition coefficient (Wildman–Crippen LogP) is 3.89. The highest BCUT2D eigenvalue weighted by atomic mass is 35.5. The zero-order chi connectivity index (χ0) is 12.3. The second kappa shape index (κ2) is 5.74. The molecule has 0 bridgehead atoms. The van der Waals surface area contributed by atoms with E-state index in [4.69, 9.17) is 21.1 Å². The van der Waals surface area contributed by atoms with Crippen LogP contribution >= 0.6 is 11.6 Å². The molecule has 2 rings (SSSR count). The van der Waals surface area contributed by atoms with Crippen LogP contribution in [-0.4, -0.2) is 19.6 Å². The van der Waals surface area contributed by atoms with Gasteiger partial charge in [0.25, 0.3) is 0 Å². The van der Waals surface area contributed by atoms with Crippen molar-refractivity contribution in [3.63, 3.8) is 0 Å². The molecular weight excluding hydrogens is 236 g/mol. The zero-order valence-corrected chi connectivity index (χ0v) is 11.2. The lowest BCUT2D eigenvalue weighted by molar-refractivity contribution is 0.0532. The van der Waals surface area contributed by atoms with Crippen LogP contribution in [0.15, 0.2) is 18.2 Å². The average Bonchev–Trinajstić information content (AvgIpc) is 2.50. The van der Waals surface area contributed by atoms with E-state index in [0.29, 0.717) is 11.8 Å². The van der Waals surface area contributed by atoms with Crippen LogP contribution in [0.25, 0.3) is 0 Å². The molecule has 0 radical (unpaired) electrons. The fourth-order valence-electron chi connectivity index (χ4n) is 2.37. The number of halogens is 1. The number of alkyl halides is 1. The number of hydrogen-bond acceptors (Lipinski definition) is 2. The number of ether oxygens (including phenoxy) is 2. The maximum absolute atomic E-state index is 5.89. The minimum absolute atomic E-state index is 0.137. The molecule has 1 aromatic rings. The van der Waals surface area contributed by atoms with Crippen molar-refractivity contribution >= 4 is 11.6 Å². The van der Waals surface area contributed by atoms with Crippen LogP contribution in [-0.2, 0) is 4.74 Å². The topological polar surface area (TPSA) is 18.5 Å². The Hall–Kier alpha value is -0.730. The van der Waals surface area contributed by atoms with E-state index in [9.17, 15) is 0 Å². The third kappa shape index (κ3) is 2.75. The van der Waals surface area contributed by atoms with Crippen molar-refractivity contribution in [2.24, 2.45) is 0 Å². The standard InChI is InChI=1S/C14H19ClO2/c1-10-6-8-17-14(5-7-15)12-4-3-11(16-2)9-13(10)12/h3-4,9-10,14H,5-8H2,1-2H3. The molecule has 1 heterocycles. The largest absolute Gasteiger partial charge is 0.497 e. The molecule has 0 fully saturated rings. The summed E-state index contributed by atoms with van der Waals surface area (Å²) in [7, 11) is 1.70. The molecule has 2 atom stereocenters. The van der Waals surface area contributed by atoms with E-state index in [1.165, 1.54) is 11.1 Å². The molecule has 1 aliphatic heterocycles. The highest BCUT2D eigenvalue weighted by Gasteiger charge is 2.23. The first kappa shape index (κ1) is 12.7. The lowest BCUT2D eigenvalue weighted by Crippen LogP contribution is -2.05. The summed E-state index contributed by atoms with van der Waals surface area (Å²) in [4.78, 5) is 0. The van der Waals surface area contributed by atoms with Crippen LogP contribution in [0.4, 0.5) is 0 Å². The van der Waals surface area contributed by atoms with Gasteiger partial charge in [0.15, 0.2) is 0 Å². The highest BCUT2D eigenvalue weighted by molar-refractivity contribution is 6.17. The van der Waals surface area contributed by atoms with Gasteiger partial charge in [-0.05, 0) is 42.0 Å². The van der Waals surface area contributed by atoms with Gasteiger partial charge in [0.2, 0.25) is 0 Å². The van der Waals surface area contributed by atoms with Crippen molar-refractivity contribution in [2.75, 3.05) is 19.6 Å². The minimum Gasteiger partial charge on any atom is -0.497 e. The molecule has 0 N–H and O–H groups in total. The Bertz CT molecular complexity index is 378. The van der Waals surface area contributed by atoms with Crippen LogP contribution in [0, 0.1) is 0 Å². The van der Waals surface area contributed by atoms with Gasteiger partial charge < -0.3 is 9.47 Å². The second-order valence-corrected chi connectivity index (χ2v) is 4.90. The van der Waals surface area contributed by atoms with E-state index in [-0.39, 0.29) is 6.10 Å². The Labute approximate surface area is 108 Å². The molecule has 2 nitrogen and oxygen atoms in total. The summed E-state index contributed by atoms with van der Waals surface area (Å²) >= 11 is 5.84. The zero-order valence-electron chi connectivity index (χ0n) is 10.4. The van der Waals surface area contributed by atoms with Crippen LogP contribution < -0.4 is 4.74 Å². The Kier molecular flexibility index (Phi) is 4.30. The second-order valence-electron chi connectivity index (χ2n) is 4.52. The van der Waals surface area contributed by atoms with Gasteiger partial charge in [0.05, 0.1) is 13.2 Å². The normalized spacial score (nSPS) is 23.9. The molecule has 0 amide bonds. The first-order chi connectivity index (χ1) is 8.26. The van der Waals surface area contributed by atoms with Gasteiger partial charge in [-0.2, -0.15) is 0 Å². The molecule has 0 saturated carbocycles. The summed E-state index contributed by atoms with van der Waals surface area (Å²) < 4.78 is 11.2. The van der Waals surface area contributed by atoms with E-state index >= 15 is 0 Å². The Morgan fingerprint density at radius 1 is 1.41 bits per heavy atom. The molecule has 1 aromatic carbocycles. The summed E-state index contributed by atoms with van der Waals surface area (Å²) in [5.41, 5.74) is 2.62. The van der Waals surface area contributed by atoms with Gasteiger partial charge in [-0.3, -0.25) is 0 Å². The van der Waals surface area contributed by atoms with E-state index in [1.54, 1.807) is 7.11 Å². The van der Waals surface area contributed by atoms with Crippen LogP contribution in [0.5, 0.6) is 5.75 Å². The molecule has 2 unspecified atom stereocenters. The van der Waals surface area contributed by atoms with Crippen LogP contribution in [0.1, 0.15) is 42.9 Å². The summed E-state index contributed by atoms with van der Waals surface area (Å²) in [6.45, 7) is 3.05. The fraction of sp³-hybridized carbons (Fsp3) is 0.571. The van der Waals surface area contributed by atoms with Crippen LogP contribution in [0.3, 0.4) is 0 Å². The van der Waals surface area contributed by atoms with E-state index in [2.05, 4.69) is 19.1 Å². The number of fused-ring (bicyclic) bond motifs is 1. The molecule has 17 heavy (non-hydrogen) atoms. The summed E-state index contributed by atoms with van der Waals surface area (Å²) in [5, 5.41) is 0. The van der Waals surface area contributed by atoms with Gasteiger partial charge in [0, 0.05) is 12.5 Å². The summed E-state index contributed by atoms with van der Waals surface area (Å²) in [5.74, 6) is 2.06. The van der Waals surface area contributed by atoms with Crippen molar-refractivity contribution in [1.82, 2.24) is 0 Å². The monoisotopic (exact) mass is 254 g/mol. The van der Waals surface area contributed by atoms with E-state index < -0.39 is 0 Å². The summed E-state index contributed by atoms with van der Waals surface area (Å²) in [6.07, 6.45) is 2.06. The molecule has 3 heteroatoms. The molecule has 94 valence electrons. The Morgan fingerprint density at radius 2 is 2.24 bits per heavy atom. The fourth-order valence-corrected chi connectivity index (χ4v) is 2.57. The number of benzene rings is 1. The van der Waals surface area contributed by atoms with Crippen molar-refractivity contribution < 1.29 is 9.47 Å². The van der Waals surface area contributed by atoms with E-state index in [0.717, 1.165) is 25.2 Å². The minimum atomic E-state index is 0.137.